The maximum Gasteiger partial charge on any atom is 0.511 e. The fraction of sp³-hybridized carbons (Fsp3) is 0.0476. The van der Waals surface area contributed by atoms with Gasteiger partial charge in [0.25, 0.3) is 15.9 Å². The Labute approximate surface area is 167 Å². The van der Waals surface area contributed by atoms with E-state index in [1.165, 1.54) is 48.5 Å². The van der Waals surface area contributed by atoms with E-state index >= 15 is 0 Å². The van der Waals surface area contributed by atoms with Gasteiger partial charge >= 0.3 is 6.16 Å². The Kier molecular flexibility index (Phi) is 5.65. The number of hydrogen-bond donors (Lipinski definition) is 1. The number of sulfonamides is 1. The van der Waals surface area contributed by atoms with E-state index in [4.69, 9.17) is 5.11 Å². The number of para-hydroxylation sites is 1. The number of anilines is 1. The van der Waals surface area contributed by atoms with Gasteiger partial charge in [-0.2, -0.15) is 4.31 Å². The Balaban J connectivity index is 2.05. The lowest BCUT2D eigenvalue weighted by molar-refractivity contribution is 0.101. The predicted octanol–water partition coefficient (Wildman–Crippen LogP) is 4.09. The molecule has 7 nitrogen and oxygen atoms in total. The fourth-order valence-electron chi connectivity index (χ4n) is 2.63. The highest BCUT2D eigenvalue weighted by atomic mass is 32.2. The minimum atomic E-state index is -4.19. The summed E-state index contributed by atoms with van der Waals surface area (Å²) in [4.78, 5) is 23.7. The second-order valence-electron chi connectivity index (χ2n) is 6.12. The van der Waals surface area contributed by atoms with Crippen LogP contribution in [0.1, 0.15) is 15.9 Å². The first kappa shape index (κ1) is 20.1. The highest BCUT2D eigenvalue weighted by Gasteiger charge is 2.31. The molecule has 148 valence electrons. The molecule has 3 aromatic carbocycles. The summed E-state index contributed by atoms with van der Waals surface area (Å²) < 4.78 is 31.8. The molecule has 29 heavy (non-hydrogen) atoms. The largest absolute Gasteiger partial charge is 0.511 e. The van der Waals surface area contributed by atoms with Gasteiger partial charge in [-0.25, -0.2) is 13.2 Å². The molecule has 3 aromatic rings. The molecule has 0 fully saturated rings. The van der Waals surface area contributed by atoms with Gasteiger partial charge < -0.3 is 9.84 Å². The Bertz CT molecular complexity index is 1120. The number of carbonyl (C=O) groups is 2. The van der Waals surface area contributed by atoms with Crippen molar-refractivity contribution in [1.82, 2.24) is 0 Å². The average molecular weight is 411 g/mol. The van der Waals surface area contributed by atoms with Gasteiger partial charge in [0.05, 0.1) is 10.6 Å². The van der Waals surface area contributed by atoms with Crippen molar-refractivity contribution in [1.29, 1.82) is 0 Å². The molecule has 0 heterocycles. The molecule has 1 amide bonds. The van der Waals surface area contributed by atoms with Crippen molar-refractivity contribution in [2.75, 3.05) is 4.31 Å². The number of benzene rings is 3. The number of carboxylic acid groups (broad SMARTS) is 1. The van der Waals surface area contributed by atoms with E-state index in [1.807, 2.05) is 6.92 Å². The van der Waals surface area contributed by atoms with E-state index in [0.717, 1.165) is 9.87 Å². The normalized spacial score (nSPS) is 10.9. The van der Waals surface area contributed by atoms with Crippen LogP contribution in [0.3, 0.4) is 0 Å². The molecule has 0 aliphatic carbocycles. The van der Waals surface area contributed by atoms with E-state index in [0.29, 0.717) is 0 Å². The highest BCUT2D eigenvalue weighted by molar-refractivity contribution is 7.93. The Hall–Kier alpha value is -3.65. The van der Waals surface area contributed by atoms with Crippen LogP contribution >= 0.6 is 0 Å². The van der Waals surface area contributed by atoms with Gasteiger partial charge in [-0.15, -0.1) is 0 Å². The quantitative estimate of drug-likeness (QED) is 0.501. The van der Waals surface area contributed by atoms with Crippen LogP contribution in [0, 0.1) is 6.92 Å². The molecule has 1 N–H and O–H groups in total. The third-order valence-electron chi connectivity index (χ3n) is 4.04. The zero-order valence-corrected chi connectivity index (χ0v) is 16.2. The number of ether oxygens (including phenoxy) is 1. The summed E-state index contributed by atoms with van der Waals surface area (Å²) in [5.41, 5.74) is 1.13. The predicted molar refractivity (Wildman–Crippen MR) is 107 cm³/mol. The van der Waals surface area contributed by atoms with Crippen LogP contribution in [0.2, 0.25) is 0 Å². The number of nitrogens with zero attached hydrogens (tertiary/aromatic N) is 1. The van der Waals surface area contributed by atoms with Crippen LogP contribution in [-0.4, -0.2) is 25.6 Å². The SMILES string of the molecule is Cc1ccc(S(=O)(=O)N(C(=O)c2ccc(OC(=O)O)cc2)c2ccccc2)cc1. The molecule has 8 heteroatoms. The minimum absolute atomic E-state index is 0.0155. The van der Waals surface area contributed by atoms with Crippen LogP contribution in [0.15, 0.2) is 83.8 Å². The molecule has 0 aromatic heterocycles. The molecule has 0 spiro atoms. The number of aryl methyl sites for hydroxylation is 1. The lowest BCUT2D eigenvalue weighted by Gasteiger charge is -2.23. The highest BCUT2D eigenvalue weighted by Crippen LogP contribution is 2.26. The molecule has 3 rings (SSSR count). The van der Waals surface area contributed by atoms with Gasteiger partial charge in [0.2, 0.25) is 0 Å². The zero-order chi connectivity index (χ0) is 21.0. The first-order valence-electron chi connectivity index (χ1n) is 8.51. The van der Waals surface area contributed by atoms with Crippen LogP contribution in [-0.2, 0) is 10.0 Å². The van der Waals surface area contributed by atoms with E-state index in [-0.39, 0.29) is 21.9 Å². The molecular formula is C21H17NO6S. The Morgan fingerprint density at radius 1 is 0.862 bits per heavy atom. The first-order chi connectivity index (χ1) is 13.8. The van der Waals surface area contributed by atoms with E-state index in [1.54, 1.807) is 30.3 Å². The molecule has 0 aliphatic heterocycles. The second-order valence-corrected chi connectivity index (χ2v) is 7.90. The smallest absolute Gasteiger partial charge is 0.449 e. The van der Waals surface area contributed by atoms with Gasteiger partial charge in [-0.3, -0.25) is 4.79 Å². The molecular weight excluding hydrogens is 394 g/mol. The third kappa shape index (κ3) is 4.44. The second kappa shape index (κ2) is 8.15. The van der Waals surface area contributed by atoms with Crippen molar-refractivity contribution in [3.05, 3.63) is 90.0 Å². The Morgan fingerprint density at radius 2 is 1.45 bits per heavy atom. The molecule has 0 saturated carbocycles. The minimum Gasteiger partial charge on any atom is -0.449 e. The summed E-state index contributed by atoms with van der Waals surface area (Å²) in [6, 6.07) is 19.4. The maximum atomic E-state index is 13.3. The summed E-state index contributed by atoms with van der Waals surface area (Å²) in [6.45, 7) is 1.83. The Morgan fingerprint density at radius 3 is 2.00 bits per heavy atom. The standard InChI is InChI=1S/C21H17NO6S/c1-15-7-13-19(14-8-15)29(26,27)22(17-5-3-2-4-6-17)20(23)16-9-11-18(12-10-16)28-21(24)25/h2-14H,1H3,(H,24,25). The molecule has 0 unspecified atom stereocenters. The van der Waals surface area contributed by atoms with E-state index < -0.39 is 22.1 Å². The summed E-state index contributed by atoms with van der Waals surface area (Å²) in [5.74, 6) is -0.764. The zero-order valence-electron chi connectivity index (χ0n) is 15.3. The van der Waals surface area contributed by atoms with Gasteiger partial charge in [0.15, 0.2) is 0 Å². The number of hydrogen-bond acceptors (Lipinski definition) is 5. The topological polar surface area (TPSA) is 101 Å². The van der Waals surface area contributed by atoms with Crippen LogP contribution in [0.4, 0.5) is 10.5 Å². The van der Waals surface area contributed by atoms with Crippen LogP contribution in [0.5, 0.6) is 5.75 Å². The maximum absolute atomic E-state index is 13.3. The molecule has 0 aliphatic rings. The van der Waals surface area contributed by atoms with Gasteiger partial charge in [0.1, 0.15) is 5.75 Å². The first-order valence-corrected chi connectivity index (χ1v) is 9.95. The van der Waals surface area contributed by atoms with Crippen molar-refractivity contribution in [2.24, 2.45) is 0 Å². The van der Waals surface area contributed by atoms with Crippen molar-refractivity contribution < 1.29 is 27.9 Å². The van der Waals surface area contributed by atoms with Crippen LogP contribution < -0.4 is 9.04 Å². The lowest BCUT2D eigenvalue weighted by atomic mass is 10.2. The van der Waals surface area contributed by atoms with Crippen LogP contribution in [0.25, 0.3) is 0 Å². The van der Waals surface area contributed by atoms with Crippen molar-refractivity contribution in [2.45, 2.75) is 11.8 Å². The number of carbonyl (C=O) groups excluding carboxylic acids is 1. The van der Waals surface area contributed by atoms with Crippen molar-refractivity contribution in [3.8, 4) is 5.75 Å². The summed E-state index contributed by atoms with van der Waals surface area (Å²) in [6.07, 6.45) is -1.49. The monoisotopic (exact) mass is 411 g/mol. The van der Waals surface area contributed by atoms with Crippen molar-refractivity contribution >= 4 is 27.8 Å². The van der Waals surface area contributed by atoms with E-state index in [2.05, 4.69) is 4.74 Å². The van der Waals surface area contributed by atoms with Crippen molar-refractivity contribution in [3.63, 3.8) is 0 Å². The van der Waals surface area contributed by atoms with Gasteiger partial charge in [0, 0.05) is 5.56 Å². The molecule has 0 bridgehead atoms. The fourth-order valence-corrected chi connectivity index (χ4v) is 4.04. The van der Waals surface area contributed by atoms with E-state index in [9.17, 15) is 18.0 Å². The van der Waals surface area contributed by atoms with Gasteiger partial charge in [-0.1, -0.05) is 35.9 Å². The third-order valence-corrected chi connectivity index (χ3v) is 5.77. The number of rotatable bonds is 5. The number of amides is 1. The summed E-state index contributed by atoms with van der Waals surface area (Å²) in [7, 11) is -4.19. The summed E-state index contributed by atoms with van der Waals surface area (Å²) >= 11 is 0. The molecule has 0 atom stereocenters. The lowest BCUT2D eigenvalue weighted by Crippen LogP contribution is -2.37. The average Bonchev–Trinajstić information content (AvgIpc) is 2.69. The van der Waals surface area contributed by atoms with Gasteiger partial charge in [-0.05, 0) is 55.5 Å². The molecule has 0 saturated heterocycles. The summed E-state index contributed by atoms with van der Waals surface area (Å²) in [5, 5.41) is 8.66. The molecule has 0 radical (unpaired) electrons.